The zero-order valence-electron chi connectivity index (χ0n) is 9.39. The highest BCUT2D eigenvalue weighted by molar-refractivity contribution is 6.31. The fourth-order valence-electron chi connectivity index (χ4n) is 2.43. The lowest BCUT2D eigenvalue weighted by atomic mass is 9.79. The average Bonchev–Trinajstić information content (AvgIpc) is 2.27. The van der Waals surface area contributed by atoms with E-state index in [9.17, 15) is 9.50 Å². The normalized spacial score (nSPS) is 19.8. The van der Waals surface area contributed by atoms with E-state index in [1.165, 1.54) is 0 Å². The van der Waals surface area contributed by atoms with Crippen molar-refractivity contribution >= 4 is 11.6 Å². The molecule has 88 valence electrons. The van der Waals surface area contributed by atoms with Crippen molar-refractivity contribution < 1.29 is 9.50 Å². The van der Waals surface area contributed by atoms with Gasteiger partial charge in [0.25, 0.3) is 0 Å². The maximum atomic E-state index is 14.0. The average molecular weight is 243 g/mol. The molecular weight excluding hydrogens is 227 g/mol. The minimum absolute atomic E-state index is 0.350. The van der Waals surface area contributed by atoms with E-state index in [0.29, 0.717) is 29.0 Å². The van der Waals surface area contributed by atoms with Gasteiger partial charge in [-0.3, -0.25) is 0 Å². The van der Waals surface area contributed by atoms with E-state index in [2.05, 4.69) is 0 Å². The summed E-state index contributed by atoms with van der Waals surface area (Å²) < 4.78 is 14.0. The number of hydrogen-bond acceptors (Lipinski definition) is 1. The first-order valence-corrected chi connectivity index (χ1v) is 6.10. The third kappa shape index (κ3) is 1.96. The largest absolute Gasteiger partial charge is 0.385 e. The molecule has 1 aromatic rings. The van der Waals surface area contributed by atoms with Gasteiger partial charge in [0.15, 0.2) is 0 Å². The van der Waals surface area contributed by atoms with E-state index in [4.69, 9.17) is 11.6 Å². The summed E-state index contributed by atoms with van der Waals surface area (Å²) in [6.45, 7) is 1.65. The van der Waals surface area contributed by atoms with Gasteiger partial charge in [-0.15, -0.1) is 0 Å². The van der Waals surface area contributed by atoms with Crippen LogP contribution in [0.5, 0.6) is 0 Å². The molecule has 1 N–H and O–H groups in total. The van der Waals surface area contributed by atoms with Crippen LogP contribution < -0.4 is 0 Å². The Morgan fingerprint density at radius 3 is 2.50 bits per heavy atom. The molecule has 0 aromatic heterocycles. The van der Waals surface area contributed by atoms with E-state index in [1.807, 2.05) is 0 Å². The first kappa shape index (κ1) is 11.9. The van der Waals surface area contributed by atoms with Gasteiger partial charge >= 0.3 is 0 Å². The summed E-state index contributed by atoms with van der Waals surface area (Å²) in [4.78, 5) is 0. The first-order chi connectivity index (χ1) is 7.54. The Morgan fingerprint density at radius 2 is 1.88 bits per heavy atom. The zero-order chi connectivity index (χ0) is 11.8. The van der Waals surface area contributed by atoms with Crippen LogP contribution in [0.3, 0.4) is 0 Å². The van der Waals surface area contributed by atoms with Gasteiger partial charge < -0.3 is 5.11 Å². The van der Waals surface area contributed by atoms with Gasteiger partial charge in [0.1, 0.15) is 5.82 Å². The van der Waals surface area contributed by atoms with Crippen LogP contribution in [0.4, 0.5) is 4.39 Å². The van der Waals surface area contributed by atoms with Gasteiger partial charge in [0.2, 0.25) is 0 Å². The molecule has 0 amide bonds. The van der Waals surface area contributed by atoms with E-state index in [1.54, 1.807) is 19.1 Å². The van der Waals surface area contributed by atoms with E-state index >= 15 is 0 Å². The summed E-state index contributed by atoms with van der Waals surface area (Å²) in [6, 6.07) is 3.29. The molecule has 0 bridgehead atoms. The van der Waals surface area contributed by atoms with E-state index in [-0.39, 0.29) is 5.82 Å². The summed E-state index contributed by atoms with van der Waals surface area (Å²) in [5.41, 5.74) is -0.148. The topological polar surface area (TPSA) is 20.2 Å². The maximum absolute atomic E-state index is 14.0. The van der Waals surface area contributed by atoms with Crippen LogP contribution in [0.15, 0.2) is 12.1 Å². The van der Waals surface area contributed by atoms with Gasteiger partial charge in [-0.1, -0.05) is 36.9 Å². The quantitative estimate of drug-likeness (QED) is 0.791. The highest BCUT2D eigenvalue weighted by atomic mass is 35.5. The zero-order valence-corrected chi connectivity index (χ0v) is 10.1. The van der Waals surface area contributed by atoms with Crippen molar-refractivity contribution in [1.29, 1.82) is 0 Å². The Bertz CT molecular complexity index is 397. The third-order valence-corrected chi connectivity index (χ3v) is 3.91. The Balaban J connectivity index is 2.43. The van der Waals surface area contributed by atoms with E-state index < -0.39 is 5.60 Å². The second-order valence-corrected chi connectivity index (χ2v) is 5.03. The molecule has 1 fully saturated rings. The monoisotopic (exact) mass is 242 g/mol. The van der Waals surface area contributed by atoms with Crippen LogP contribution in [0, 0.1) is 12.7 Å². The molecule has 0 atom stereocenters. The summed E-state index contributed by atoms with van der Waals surface area (Å²) in [6.07, 6.45) is 4.32. The molecule has 2 rings (SSSR count). The molecule has 0 radical (unpaired) electrons. The molecule has 0 heterocycles. The Hall–Kier alpha value is -0.600. The highest BCUT2D eigenvalue weighted by Gasteiger charge is 2.34. The van der Waals surface area contributed by atoms with E-state index in [0.717, 1.165) is 19.3 Å². The molecule has 0 spiro atoms. The molecule has 1 saturated carbocycles. The summed E-state index contributed by atoms with van der Waals surface area (Å²) in [7, 11) is 0. The minimum atomic E-state index is -0.988. The Morgan fingerprint density at radius 1 is 1.25 bits per heavy atom. The summed E-state index contributed by atoms with van der Waals surface area (Å²) in [5.74, 6) is -0.350. The molecule has 0 unspecified atom stereocenters. The van der Waals surface area contributed by atoms with Gasteiger partial charge in [-0.05, 0) is 25.8 Å². The smallest absolute Gasteiger partial charge is 0.133 e. The highest BCUT2D eigenvalue weighted by Crippen LogP contribution is 2.39. The lowest BCUT2D eigenvalue weighted by Crippen LogP contribution is -2.29. The predicted octanol–water partition coefficient (Wildman–Crippen LogP) is 3.94. The maximum Gasteiger partial charge on any atom is 0.133 e. The number of aliphatic hydroxyl groups is 1. The minimum Gasteiger partial charge on any atom is -0.385 e. The molecule has 1 nitrogen and oxygen atoms in total. The van der Waals surface area contributed by atoms with Crippen molar-refractivity contribution in [1.82, 2.24) is 0 Å². The van der Waals surface area contributed by atoms with Crippen molar-refractivity contribution in [3.63, 3.8) is 0 Å². The molecule has 3 heteroatoms. The molecule has 0 saturated heterocycles. The van der Waals surface area contributed by atoms with Gasteiger partial charge in [-0.25, -0.2) is 4.39 Å². The number of halogens is 2. The van der Waals surface area contributed by atoms with Crippen molar-refractivity contribution in [3.8, 4) is 0 Å². The predicted molar refractivity (Wildman–Crippen MR) is 63.1 cm³/mol. The lowest BCUT2D eigenvalue weighted by molar-refractivity contribution is -0.00383. The fraction of sp³-hybridized carbons (Fsp3) is 0.538. The van der Waals surface area contributed by atoms with Crippen molar-refractivity contribution in [2.75, 3.05) is 0 Å². The van der Waals surface area contributed by atoms with Crippen LogP contribution >= 0.6 is 11.6 Å². The number of rotatable bonds is 1. The van der Waals surface area contributed by atoms with Gasteiger partial charge in [0, 0.05) is 16.1 Å². The second kappa shape index (κ2) is 4.34. The summed E-state index contributed by atoms with van der Waals surface area (Å²) >= 11 is 5.85. The summed E-state index contributed by atoms with van der Waals surface area (Å²) in [5, 5.41) is 10.9. The van der Waals surface area contributed by atoms with Gasteiger partial charge in [-0.2, -0.15) is 0 Å². The fourth-order valence-corrected chi connectivity index (χ4v) is 2.57. The van der Waals surface area contributed by atoms with Crippen molar-refractivity contribution in [2.24, 2.45) is 0 Å². The second-order valence-electron chi connectivity index (χ2n) is 4.63. The number of hydrogen-bond donors (Lipinski definition) is 1. The SMILES string of the molecule is Cc1c(Cl)ccc(C2(O)CCCCC2)c1F. The molecule has 0 aliphatic heterocycles. The molecule has 1 aromatic carbocycles. The number of benzene rings is 1. The third-order valence-electron chi connectivity index (χ3n) is 3.50. The molecule has 1 aliphatic rings. The van der Waals surface area contributed by atoms with Crippen molar-refractivity contribution in [2.45, 2.75) is 44.6 Å². The van der Waals surface area contributed by atoms with Crippen molar-refractivity contribution in [3.05, 3.63) is 34.1 Å². The van der Waals surface area contributed by atoms with Crippen LogP contribution in [0.2, 0.25) is 5.02 Å². The molecular formula is C13H16ClFO. The molecule has 16 heavy (non-hydrogen) atoms. The van der Waals surface area contributed by atoms with Crippen LogP contribution in [0.25, 0.3) is 0 Å². The first-order valence-electron chi connectivity index (χ1n) is 5.72. The Labute approximate surface area is 100 Å². The van der Waals surface area contributed by atoms with Crippen LogP contribution in [-0.4, -0.2) is 5.11 Å². The standard InChI is InChI=1S/C13H16ClFO/c1-9-11(14)6-5-10(12(9)15)13(16)7-3-2-4-8-13/h5-6,16H,2-4,7-8H2,1H3. The van der Waals surface area contributed by atoms with Crippen LogP contribution in [0.1, 0.15) is 43.2 Å². The van der Waals surface area contributed by atoms with Crippen LogP contribution in [-0.2, 0) is 5.60 Å². The Kier molecular flexibility index (Phi) is 3.22. The van der Waals surface area contributed by atoms with Gasteiger partial charge in [0.05, 0.1) is 5.60 Å². The lowest BCUT2D eigenvalue weighted by Gasteiger charge is -2.33. The molecule has 1 aliphatic carbocycles.